The van der Waals surface area contributed by atoms with Crippen molar-refractivity contribution in [1.29, 1.82) is 0 Å². The number of likely N-dealkylation sites (N-methyl/N-ethyl adjacent to an activating group) is 1. The Bertz CT molecular complexity index is 834. The number of sulfonamides is 1. The van der Waals surface area contributed by atoms with Gasteiger partial charge >= 0.3 is 0 Å². The number of fused-ring (bicyclic) bond motifs is 1. The van der Waals surface area contributed by atoms with Crippen LogP contribution in [-0.2, 0) is 19.6 Å². The van der Waals surface area contributed by atoms with Gasteiger partial charge in [-0.25, -0.2) is 0 Å². The third kappa shape index (κ3) is 3.51. The summed E-state index contributed by atoms with van der Waals surface area (Å²) in [7, 11) is -2.17. The van der Waals surface area contributed by atoms with E-state index in [-0.39, 0.29) is 29.2 Å². The molecule has 9 heteroatoms. The summed E-state index contributed by atoms with van der Waals surface area (Å²) in [5.41, 5.74) is 0.578. The molecular weight excluding hydrogens is 344 g/mol. The topological polar surface area (TPSA) is 108 Å². The number of nitrogens with zero attached hydrogens (tertiary/aromatic N) is 2. The Morgan fingerprint density at radius 2 is 2.08 bits per heavy atom. The lowest BCUT2D eigenvalue weighted by atomic mass is 9.96. The molecule has 2 heterocycles. The van der Waals surface area contributed by atoms with Crippen LogP contribution in [0.2, 0.25) is 0 Å². The van der Waals surface area contributed by atoms with E-state index in [0.717, 1.165) is 6.42 Å². The summed E-state index contributed by atoms with van der Waals surface area (Å²) in [6.45, 7) is 0.953. The molecule has 0 unspecified atom stereocenters. The van der Waals surface area contributed by atoms with Crippen LogP contribution in [0.1, 0.15) is 18.4 Å². The Balaban J connectivity index is 1.74. The molecule has 134 valence electrons. The van der Waals surface area contributed by atoms with Crippen LogP contribution in [0.25, 0.3) is 0 Å². The second-order valence-corrected chi connectivity index (χ2v) is 7.63. The van der Waals surface area contributed by atoms with Gasteiger partial charge in [0.25, 0.3) is 10.0 Å². The first-order valence-electron chi connectivity index (χ1n) is 8.10. The molecule has 0 radical (unpaired) electrons. The number of piperidine rings is 1. The molecule has 1 atom stereocenters. The van der Waals surface area contributed by atoms with Crippen LogP contribution < -0.4 is 10.6 Å². The molecule has 8 nitrogen and oxygen atoms in total. The molecule has 2 aliphatic rings. The van der Waals surface area contributed by atoms with E-state index in [4.69, 9.17) is 0 Å². The van der Waals surface area contributed by atoms with Crippen molar-refractivity contribution in [3.8, 4) is 0 Å². The zero-order chi connectivity index (χ0) is 18.0. The molecule has 25 heavy (non-hydrogen) atoms. The van der Waals surface area contributed by atoms with Crippen molar-refractivity contribution in [1.82, 2.24) is 15.5 Å². The van der Waals surface area contributed by atoms with Crippen LogP contribution in [-0.4, -0.2) is 57.6 Å². The normalized spacial score (nSPS) is 21.2. The maximum atomic E-state index is 12.3. The predicted molar refractivity (Wildman–Crippen MR) is 91.5 cm³/mol. The van der Waals surface area contributed by atoms with Gasteiger partial charge in [0.05, 0.1) is 12.5 Å². The van der Waals surface area contributed by atoms with Gasteiger partial charge in [0.2, 0.25) is 11.8 Å². The molecule has 0 spiro atoms. The summed E-state index contributed by atoms with van der Waals surface area (Å²) in [6, 6.07) is 6.71. The fourth-order valence-corrected chi connectivity index (χ4v) is 4.33. The summed E-state index contributed by atoms with van der Waals surface area (Å²) < 4.78 is 28.3. The number of likely N-dealkylation sites (tertiary alicyclic amines) is 1. The Kier molecular flexibility index (Phi) is 4.76. The van der Waals surface area contributed by atoms with Crippen molar-refractivity contribution in [2.75, 3.05) is 26.7 Å². The first-order chi connectivity index (χ1) is 11.9. The number of benzene rings is 1. The molecule has 1 saturated heterocycles. The Hall–Kier alpha value is -2.42. The highest BCUT2D eigenvalue weighted by Crippen LogP contribution is 2.29. The Labute approximate surface area is 146 Å². The van der Waals surface area contributed by atoms with Gasteiger partial charge in [0, 0.05) is 25.7 Å². The van der Waals surface area contributed by atoms with Gasteiger partial charge in [-0.2, -0.15) is 8.42 Å². The number of carbonyl (C=O) groups is 2. The number of amidine groups is 1. The minimum atomic E-state index is -3.67. The summed E-state index contributed by atoms with van der Waals surface area (Å²) in [5.74, 6) is -0.375. The lowest BCUT2D eigenvalue weighted by molar-refractivity contribution is -0.129. The predicted octanol–water partition coefficient (Wildman–Crippen LogP) is -0.290. The zero-order valence-electron chi connectivity index (χ0n) is 13.9. The molecule has 2 aliphatic heterocycles. The molecule has 1 fully saturated rings. The van der Waals surface area contributed by atoms with Crippen LogP contribution >= 0.6 is 0 Å². The highest BCUT2D eigenvalue weighted by atomic mass is 32.2. The standard InChI is InChI=1S/C16H20N4O4S/c1-17-14(21)9-18-16(22)11-5-4-8-20(10-11)15-12-6-2-3-7-13(12)25(23,24)19-15/h2-3,6-7,11H,4-5,8-10H2,1H3,(H,17,21)(H,18,22)/t11-/m1/s1. The lowest BCUT2D eigenvalue weighted by Gasteiger charge is -2.33. The minimum absolute atomic E-state index is 0.0655. The average molecular weight is 364 g/mol. The van der Waals surface area contributed by atoms with Gasteiger partial charge < -0.3 is 15.5 Å². The molecule has 0 aromatic heterocycles. The van der Waals surface area contributed by atoms with Gasteiger partial charge in [-0.15, -0.1) is 4.40 Å². The Morgan fingerprint density at radius 1 is 1.32 bits per heavy atom. The number of carbonyl (C=O) groups excluding carboxylic acids is 2. The zero-order valence-corrected chi connectivity index (χ0v) is 14.7. The van der Waals surface area contributed by atoms with Crippen LogP contribution in [0.15, 0.2) is 33.6 Å². The number of hydrogen-bond acceptors (Lipinski definition) is 5. The number of rotatable bonds is 3. The lowest BCUT2D eigenvalue weighted by Crippen LogP contribution is -2.47. The second-order valence-electron chi connectivity index (χ2n) is 6.06. The number of hydrogen-bond donors (Lipinski definition) is 2. The van der Waals surface area contributed by atoms with E-state index >= 15 is 0 Å². The van der Waals surface area contributed by atoms with Gasteiger partial charge in [0.15, 0.2) is 5.84 Å². The second kappa shape index (κ2) is 6.83. The van der Waals surface area contributed by atoms with Gasteiger partial charge in [0.1, 0.15) is 4.90 Å². The maximum Gasteiger partial charge on any atom is 0.285 e. The molecule has 2 amide bonds. The SMILES string of the molecule is CNC(=O)CNC(=O)[C@@H]1CCCN(C2=NS(=O)(=O)c3ccccc32)C1. The molecule has 1 aromatic carbocycles. The smallest absolute Gasteiger partial charge is 0.285 e. The first-order valence-corrected chi connectivity index (χ1v) is 9.54. The first kappa shape index (κ1) is 17.4. The van der Waals surface area contributed by atoms with Crippen molar-refractivity contribution < 1.29 is 18.0 Å². The Morgan fingerprint density at radius 3 is 2.84 bits per heavy atom. The van der Waals surface area contributed by atoms with E-state index in [1.54, 1.807) is 24.3 Å². The van der Waals surface area contributed by atoms with Crippen molar-refractivity contribution in [3.05, 3.63) is 29.8 Å². The fourth-order valence-electron chi connectivity index (χ4n) is 3.10. The molecular formula is C16H20N4O4S. The van der Waals surface area contributed by atoms with E-state index < -0.39 is 10.0 Å². The molecule has 0 aliphatic carbocycles. The van der Waals surface area contributed by atoms with Crippen molar-refractivity contribution in [2.24, 2.45) is 10.3 Å². The van der Waals surface area contributed by atoms with E-state index in [0.29, 0.717) is 30.9 Å². The summed E-state index contributed by atoms with van der Waals surface area (Å²) in [5, 5.41) is 5.06. The minimum Gasteiger partial charge on any atom is -0.358 e. The van der Waals surface area contributed by atoms with Gasteiger partial charge in [-0.1, -0.05) is 12.1 Å². The highest BCUT2D eigenvalue weighted by Gasteiger charge is 2.35. The average Bonchev–Trinajstić information content (AvgIpc) is 2.91. The van der Waals surface area contributed by atoms with Crippen molar-refractivity contribution >= 4 is 27.7 Å². The van der Waals surface area contributed by atoms with Gasteiger partial charge in [-0.3, -0.25) is 9.59 Å². The largest absolute Gasteiger partial charge is 0.358 e. The summed E-state index contributed by atoms with van der Waals surface area (Å²) >= 11 is 0. The summed E-state index contributed by atoms with van der Waals surface area (Å²) in [6.07, 6.45) is 1.44. The van der Waals surface area contributed by atoms with Crippen LogP contribution in [0.3, 0.4) is 0 Å². The van der Waals surface area contributed by atoms with E-state index in [1.807, 2.05) is 4.90 Å². The van der Waals surface area contributed by atoms with Crippen LogP contribution in [0, 0.1) is 5.92 Å². The quantitative estimate of drug-likeness (QED) is 0.766. The van der Waals surface area contributed by atoms with Crippen molar-refractivity contribution in [2.45, 2.75) is 17.7 Å². The maximum absolute atomic E-state index is 12.3. The molecule has 0 bridgehead atoms. The van der Waals surface area contributed by atoms with E-state index in [1.165, 1.54) is 7.05 Å². The third-order valence-electron chi connectivity index (χ3n) is 4.41. The number of nitrogens with one attached hydrogen (secondary N) is 2. The summed E-state index contributed by atoms with van der Waals surface area (Å²) in [4.78, 5) is 25.6. The molecule has 3 rings (SSSR count). The molecule has 2 N–H and O–H groups in total. The molecule has 1 aromatic rings. The van der Waals surface area contributed by atoms with Gasteiger partial charge in [-0.05, 0) is 25.0 Å². The van der Waals surface area contributed by atoms with Crippen LogP contribution in [0.5, 0.6) is 0 Å². The van der Waals surface area contributed by atoms with E-state index in [9.17, 15) is 18.0 Å². The molecule has 0 saturated carbocycles. The third-order valence-corrected chi connectivity index (χ3v) is 5.73. The van der Waals surface area contributed by atoms with Crippen LogP contribution in [0.4, 0.5) is 0 Å². The van der Waals surface area contributed by atoms with E-state index in [2.05, 4.69) is 15.0 Å². The number of amides is 2. The monoisotopic (exact) mass is 364 g/mol. The highest BCUT2D eigenvalue weighted by molar-refractivity contribution is 7.90. The fraction of sp³-hybridized carbons (Fsp3) is 0.438. The van der Waals surface area contributed by atoms with Crippen molar-refractivity contribution in [3.63, 3.8) is 0 Å².